The maximum Gasteiger partial charge on any atom is 0.308 e. The van der Waals surface area contributed by atoms with Crippen LogP contribution in [0.15, 0.2) is 24.3 Å². The van der Waals surface area contributed by atoms with E-state index in [0.29, 0.717) is 31.1 Å². The summed E-state index contributed by atoms with van der Waals surface area (Å²) in [5.41, 5.74) is 1.81. The quantitative estimate of drug-likeness (QED) is 0.875. The van der Waals surface area contributed by atoms with Crippen LogP contribution in [-0.2, 0) is 11.3 Å². The maximum atomic E-state index is 12.4. The first kappa shape index (κ1) is 17.5. The fourth-order valence-electron chi connectivity index (χ4n) is 2.98. The molecule has 0 aromatic heterocycles. The van der Waals surface area contributed by atoms with Crippen LogP contribution in [0.4, 0.5) is 0 Å². The van der Waals surface area contributed by atoms with Gasteiger partial charge in [0.15, 0.2) is 0 Å². The van der Waals surface area contributed by atoms with Gasteiger partial charge in [0.2, 0.25) is 0 Å². The van der Waals surface area contributed by atoms with Crippen molar-refractivity contribution in [1.29, 1.82) is 0 Å². The van der Waals surface area contributed by atoms with E-state index < -0.39 is 11.9 Å². The summed E-state index contributed by atoms with van der Waals surface area (Å²) in [7, 11) is 0. The zero-order valence-electron chi connectivity index (χ0n) is 14.2. The number of aliphatic carboxylic acids is 1. The lowest BCUT2D eigenvalue weighted by atomic mass is 10.1. The summed E-state index contributed by atoms with van der Waals surface area (Å²) < 4.78 is 0. The zero-order chi connectivity index (χ0) is 17.0. The molecule has 5 heteroatoms. The van der Waals surface area contributed by atoms with Crippen LogP contribution in [0.2, 0.25) is 0 Å². The summed E-state index contributed by atoms with van der Waals surface area (Å²) in [6.07, 6.45) is 0.541. The highest BCUT2D eigenvalue weighted by Crippen LogP contribution is 2.19. The van der Waals surface area contributed by atoms with E-state index in [9.17, 15) is 9.59 Å². The Morgan fingerprint density at radius 1 is 1.30 bits per heavy atom. The molecule has 1 amide bonds. The predicted molar refractivity (Wildman–Crippen MR) is 89.3 cm³/mol. The van der Waals surface area contributed by atoms with Gasteiger partial charge in [0.05, 0.1) is 5.92 Å². The number of carbonyl (C=O) groups excluding carboxylic acids is 1. The number of carbonyl (C=O) groups is 2. The van der Waals surface area contributed by atoms with Gasteiger partial charge in [-0.3, -0.25) is 14.5 Å². The van der Waals surface area contributed by atoms with Gasteiger partial charge in [0, 0.05) is 31.2 Å². The van der Waals surface area contributed by atoms with Crippen molar-refractivity contribution in [2.24, 2.45) is 5.92 Å². The standard InChI is InChI=1S/C18H26N2O3/c1-4-19(13(2)3)11-14-5-7-15(8-6-14)17(21)20-10-9-16(12-20)18(22)23/h5-8,13,16H,4,9-12H2,1-3H3,(H,22,23)/t16-/m1/s1. The van der Waals surface area contributed by atoms with E-state index in [1.165, 1.54) is 5.56 Å². The van der Waals surface area contributed by atoms with Crippen molar-refractivity contribution in [3.63, 3.8) is 0 Å². The molecule has 0 saturated carbocycles. The van der Waals surface area contributed by atoms with Gasteiger partial charge in [-0.2, -0.15) is 0 Å². The average molecular weight is 318 g/mol. The van der Waals surface area contributed by atoms with Crippen LogP contribution >= 0.6 is 0 Å². The molecule has 23 heavy (non-hydrogen) atoms. The summed E-state index contributed by atoms with van der Waals surface area (Å²) in [5.74, 6) is -1.32. The Bertz CT molecular complexity index is 554. The third-order valence-corrected chi connectivity index (χ3v) is 4.55. The molecule has 1 N–H and O–H groups in total. The van der Waals surface area contributed by atoms with E-state index in [1.54, 1.807) is 4.90 Å². The fraction of sp³-hybridized carbons (Fsp3) is 0.556. The summed E-state index contributed by atoms with van der Waals surface area (Å²) in [5, 5.41) is 9.03. The summed E-state index contributed by atoms with van der Waals surface area (Å²) in [6.45, 7) is 9.18. The third kappa shape index (κ3) is 4.32. The Kier molecular flexibility index (Phi) is 5.77. The van der Waals surface area contributed by atoms with Crippen LogP contribution in [0.1, 0.15) is 43.1 Å². The number of carboxylic acid groups (broad SMARTS) is 1. The van der Waals surface area contributed by atoms with E-state index in [-0.39, 0.29) is 5.91 Å². The van der Waals surface area contributed by atoms with Crippen molar-refractivity contribution in [1.82, 2.24) is 9.80 Å². The minimum Gasteiger partial charge on any atom is -0.481 e. The highest BCUT2D eigenvalue weighted by Gasteiger charge is 2.31. The van der Waals surface area contributed by atoms with Crippen molar-refractivity contribution in [2.75, 3.05) is 19.6 Å². The summed E-state index contributed by atoms with van der Waals surface area (Å²) in [6, 6.07) is 8.16. The number of carboxylic acids is 1. The van der Waals surface area contributed by atoms with Crippen molar-refractivity contribution >= 4 is 11.9 Å². The maximum absolute atomic E-state index is 12.4. The van der Waals surface area contributed by atoms with Gasteiger partial charge in [-0.05, 0) is 44.5 Å². The number of rotatable bonds is 6. The Hall–Kier alpha value is -1.88. The molecular weight excluding hydrogens is 292 g/mol. The van der Waals surface area contributed by atoms with Gasteiger partial charge >= 0.3 is 5.97 Å². The van der Waals surface area contributed by atoms with Gasteiger partial charge in [0.25, 0.3) is 5.91 Å². The normalized spacial score (nSPS) is 18.0. The van der Waals surface area contributed by atoms with Crippen LogP contribution in [0.25, 0.3) is 0 Å². The van der Waals surface area contributed by atoms with Crippen LogP contribution in [0, 0.1) is 5.92 Å². The molecule has 0 bridgehead atoms. The Morgan fingerprint density at radius 3 is 2.43 bits per heavy atom. The molecule has 1 fully saturated rings. The molecule has 0 radical (unpaired) electrons. The van der Waals surface area contributed by atoms with Crippen LogP contribution in [0.5, 0.6) is 0 Å². The molecule has 1 atom stereocenters. The second-order valence-electron chi connectivity index (χ2n) is 6.43. The molecule has 0 unspecified atom stereocenters. The summed E-state index contributed by atoms with van der Waals surface area (Å²) >= 11 is 0. The van der Waals surface area contributed by atoms with Crippen molar-refractivity contribution in [3.05, 3.63) is 35.4 Å². The van der Waals surface area contributed by atoms with Gasteiger partial charge in [0.1, 0.15) is 0 Å². The topological polar surface area (TPSA) is 60.9 Å². The third-order valence-electron chi connectivity index (χ3n) is 4.55. The zero-order valence-corrected chi connectivity index (χ0v) is 14.2. The Labute approximate surface area is 137 Å². The number of nitrogens with zero attached hydrogens (tertiary/aromatic N) is 2. The van der Waals surface area contributed by atoms with Crippen LogP contribution in [0.3, 0.4) is 0 Å². The first-order valence-electron chi connectivity index (χ1n) is 8.27. The lowest BCUT2D eigenvalue weighted by molar-refractivity contribution is -0.141. The Balaban J connectivity index is 1.99. The van der Waals surface area contributed by atoms with Crippen molar-refractivity contribution < 1.29 is 14.7 Å². The van der Waals surface area contributed by atoms with E-state index in [2.05, 4.69) is 25.7 Å². The molecule has 1 aromatic rings. The SMILES string of the molecule is CCN(Cc1ccc(C(=O)N2CC[C@@H](C(=O)O)C2)cc1)C(C)C. The molecule has 1 aliphatic heterocycles. The monoisotopic (exact) mass is 318 g/mol. The average Bonchev–Trinajstić information content (AvgIpc) is 3.02. The second kappa shape index (κ2) is 7.59. The van der Waals surface area contributed by atoms with Crippen LogP contribution < -0.4 is 0 Å². The molecule has 0 spiro atoms. The number of hydrogen-bond acceptors (Lipinski definition) is 3. The van der Waals surface area contributed by atoms with Gasteiger partial charge in [-0.1, -0.05) is 19.1 Å². The predicted octanol–water partition coefficient (Wildman–Crippen LogP) is 2.46. The number of hydrogen-bond donors (Lipinski definition) is 1. The highest BCUT2D eigenvalue weighted by molar-refractivity contribution is 5.94. The van der Waals surface area contributed by atoms with E-state index in [4.69, 9.17) is 5.11 Å². The number of benzene rings is 1. The fourth-order valence-corrected chi connectivity index (χ4v) is 2.98. The molecule has 1 saturated heterocycles. The van der Waals surface area contributed by atoms with Gasteiger partial charge in [-0.25, -0.2) is 0 Å². The lowest BCUT2D eigenvalue weighted by Gasteiger charge is -2.24. The molecule has 1 heterocycles. The highest BCUT2D eigenvalue weighted by atomic mass is 16.4. The largest absolute Gasteiger partial charge is 0.481 e. The van der Waals surface area contributed by atoms with Crippen molar-refractivity contribution in [3.8, 4) is 0 Å². The minimum absolute atomic E-state index is 0.0727. The minimum atomic E-state index is -0.816. The Morgan fingerprint density at radius 2 is 1.96 bits per heavy atom. The first-order valence-corrected chi connectivity index (χ1v) is 8.27. The van der Waals surface area contributed by atoms with E-state index in [0.717, 1.165) is 13.1 Å². The molecule has 5 nitrogen and oxygen atoms in total. The van der Waals surface area contributed by atoms with Gasteiger partial charge < -0.3 is 10.0 Å². The second-order valence-corrected chi connectivity index (χ2v) is 6.43. The summed E-state index contributed by atoms with van der Waals surface area (Å²) in [4.78, 5) is 27.4. The molecule has 2 rings (SSSR count). The van der Waals surface area contributed by atoms with E-state index in [1.807, 2.05) is 24.3 Å². The molecular formula is C18H26N2O3. The molecule has 1 aliphatic rings. The molecule has 1 aromatic carbocycles. The van der Waals surface area contributed by atoms with Gasteiger partial charge in [-0.15, -0.1) is 0 Å². The van der Waals surface area contributed by atoms with Crippen LogP contribution in [-0.4, -0.2) is 52.5 Å². The lowest BCUT2D eigenvalue weighted by Crippen LogP contribution is -2.30. The first-order chi connectivity index (χ1) is 10.9. The molecule has 0 aliphatic carbocycles. The smallest absolute Gasteiger partial charge is 0.308 e. The molecule has 126 valence electrons. The number of amides is 1. The van der Waals surface area contributed by atoms with Crippen molar-refractivity contribution in [2.45, 2.75) is 39.8 Å². The number of likely N-dealkylation sites (tertiary alicyclic amines) is 1. The van der Waals surface area contributed by atoms with E-state index >= 15 is 0 Å².